The predicted octanol–water partition coefficient (Wildman–Crippen LogP) is 8.37. The fourth-order valence-corrected chi connectivity index (χ4v) is 4.40. The Bertz CT molecular complexity index is 1260. The molecule has 0 amide bonds. The van der Waals surface area contributed by atoms with Gasteiger partial charge in [-0.3, -0.25) is 9.97 Å². The van der Waals surface area contributed by atoms with Crippen LogP contribution in [0.1, 0.15) is 18.9 Å². The van der Waals surface area contributed by atoms with Crippen LogP contribution in [0.2, 0.25) is 0 Å². The number of benzene rings is 3. The minimum absolute atomic E-state index is 0.961. The largest absolute Gasteiger partial charge is 0.309 e. The van der Waals surface area contributed by atoms with Gasteiger partial charge in [0.05, 0.1) is 23.8 Å². The maximum absolute atomic E-state index is 4.40. The zero-order chi connectivity index (χ0) is 23.9. The summed E-state index contributed by atoms with van der Waals surface area (Å²) in [5.41, 5.74) is 7.82. The number of nitrogens with zero attached hydrogens (tertiary/aromatic N) is 4. The smallest absolute Gasteiger partial charge is 0.0645 e. The lowest BCUT2D eigenvalue weighted by atomic mass is 10.0. The highest BCUT2D eigenvalue weighted by atomic mass is 15.2. The number of hydrogen-bond donors (Lipinski definition) is 0. The molecule has 35 heavy (non-hydrogen) atoms. The molecule has 5 rings (SSSR count). The van der Waals surface area contributed by atoms with E-state index in [1.165, 1.54) is 5.56 Å². The van der Waals surface area contributed by atoms with Gasteiger partial charge in [0, 0.05) is 35.1 Å². The average molecular weight is 457 g/mol. The molecular weight excluding hydrogens is 428 g/mol. The van der Waals surface area contributed by atoms with Gasteiger partial charge in [-0.15, -0.1) is 0 Å². The molecule has 0 atom stereocenters. The van der Waals surface area contributed by atoms with Crippen LogP contribution >= 0.6 is 0 Å². The van der Waals surface area contributed by atoms with Gasteiger partial charge in [0.15, 0.2) is 0 Å². The van der Waals surface area contributed by atoms with Crippen LogP contribution < -0.4 is 9.80 Å². The van der Waals surface area contributed by atoms with Crippen LogP contribution in [-0.2, 0) is 6.42 Å². The first-order valence-corrected chi connectivity index (χ1v) is 12.0. The minimum Gasteiger partial charge on any atom is -0.309 e. The van der Waals surface area contributed by atoms with Gasteiger partial charge in [0.25, 0.3) is 0 Å². The van der Waals surface area contributed by atoms with Gasteiger partial charge in [-0.05, 0) is 78.7 Å². The Balaban J connectivity index is 1.66. The van der Waals surface area contributed by atoms with Crippen LogP contribution in [-0.4, -0.2) is 9.97 Å². The van der Waals surface area contributed by atoms with E-state index in [1.54, 1.807) is 0 Å². The maximum atomic E-state index is 4.40. The molecule has 0 aliphatic rings. The van der Waals surface area contributed by atoms with Crippen molar-refractivity contribution in [3.05, 3.63) is 133 Å². The number of rotatable bonds is 8. The molecule has 0 saturated heterocycles. The topological polar surface area (TPSA) is 32.3 Å². The van der Waals surface area contributed by atoms with Crippen LogP contribution in [0.25, 0.3) is 0 Å². The molecule has 0 saturated carbocycles. The molecule has 0 N–H and O–H groups in total. The summed E-state index contributed by atoms with van der Waals surface area (Å²) in [7, 11) is 0. The Labute approximate surface area is 207 Å². The first-order valence-electron chi connectivity index (χ1n) is 12.0. The number of pyridine rings is 2. The van der Waals surface area contributed by atoms with Crippen molar-refractivity contribution in [2.45, 2.75) is 19.8 Å². The zero-order valence-corrected chi connectivity index (χ0v) is 19.8. The minimum atomic E-state index is 0.961. The fraction of sp³-hybridized carbons (Fsp3) is 0.0968. The molecular formula is C31H28N4. The summed E-state index contributed by atoms with van der Waals surface area (Å²) in [5.74, 6) is 0. The first kappa shape index (κ1) is 22.4. The Hall–Kier alpha value is -4.44. The lowest BCUT2D eigenvalue weighted by Gasteiger charge is -2.30. The lowest BCUT2D eigenvalue weighted by Crippen LogP contribution is -2.14. The van der Waals surface area contributed by atoms with E-state index >= 15 is 0 Å². The number of aryl methyl sites for hydroxylation is 1. The van der Waals surface area contributed by atoms with Crippen LogP contribution in [0.3, 0.4) is 0 Å². The predicted molar refractivity (Wildman–Crippen MR) is 145 cm³/mol. The van der Waals surface area contributed by atoms with Crippen molar-refractivity contribution in [2.24, 2.45) is 0 Å². The molecule has 0 fully saturated rings. The van der Waals surface area contributed by atoms with E-state index in [2.05, 4.69) is 106 Å². The van der Waals surface area contributed by atoms with Gasteiger partial charge >= 0.3 is 0 Å². The van der Waals surface area contributed by atoms with Gasteiger partial charge in [-0.2, -0.15) is 0 Å². The SMILES string of the molecule is CCCc1cc(N(c2ccccc2)c2cccnc2)ccc1N(c1ccccc1)c1cccnc1. The van der Waals surface area contributed by atoms with Crippen LogP contribution in [0.4, 0.5) is 34.1 Å². The van der Waals surface area contributed by atoms with E-state index in [1.807, 2.05) is 49.1 Å². The first-order chi connectivity index (χ1) is 17.3. The molecule has 2 aromatic heterocycles. The summed E-state index contributed by atoms with van der Waals surface area (Å²) in [6.45, 7) is 2.23. The summed E-state index contributed by atoms with van der Waals surface area (Å²) in [4.78, 5) is 13.3. The van der Waals surface area contributed by atoms with Gasteiger partial charge < -0.3 is 9.80 Å². The molecule has 2 heterocycles. The third kappa shape index (κ3) is 4.92. The van der Waals surface area contributed by atoms with Gasteiger partial charge in [0.1, 0.15) is 0 Å². The molecule has 3 aromatic carbocycles. The zero-order valence-electron chi connectivity index (χ0n) is 19.8. The van der Waals surface area contributed by atoms with Crippen molar-refractivity contribution in [1.82, 2.24) is 9.97 Å². The summed E-state index contributed by atoms with van der Waals surface area (Å²) in [5, 5.41) is 0. The summed E-state index contributed by atoms with van der Waals surface area (Å²) < 4.78 is 0. The van der Waals surface area contributed by atoms with Gasteiger partial charge in [-0.1, -0.05) is 49.7 Å². The third-order valence-electron chi connectivity index (χ3n) is 5.92. The van der Waals surface area contributed by atoms with Crippen molar-refractivity contribution < 1.29 is 0 Å². The normalized spacial score (nSPS) is 10.7. The summed E-state index contributed by atoms with van der Waals surface area (Å²) >= 11 is 0. The average Bonchev–Trinajstić information content (AvgIpc) is 2.93. The van der Waals surface area contributed by atoms with Crippen molar-refractivity contribution in [1.29, 1.82) is 0 Å². The maximum Gasteiger partial charge on any atom is 0.0645 e. The molecule has 5 aromatic rings. The molecule has 0 radical (unpaired) electrons. The summed E-state index contributed by atoms with van der Waals surface area (Å²) in [6.07, 6.45) is 9.46. The van der Waals surface area contributed by atoms with E-state index in [9.17, 15) is 0 Å². The Kier molecular flexibility index (Phi) is 6.81. The van der Waals surface area contributed by atoms with E-state index in [4.69, 9.17) is 0 Å². The highest BCUT2D eigenvalue weighted by Gasteiger charge is 2.19. The number of anilines is 6. The second-order valence-corrected chi connectivity index (χ2v) is 8.33. The third-order valence-corrected chi connectivity index (χ3v) is 5.92. The second-order valence-electron chi connectivity index (χ2n) is 8.33. The summed E-state index contributed by atoms with van der Waals surface area (Å²) in [6, 6.07) is 35.8. The molecule has 4 nitrogen and oxygen atoms in total. The van der Waals surface area contributed by atoms with E-state index in [0.29, 0.717) is 0 Å². The molecule has 0 aliphatic heterocycles. The highest BCUT2D eigenvalue weighted by molar-refractivity contribution is 5.82. The lowest BCUT2D eigenvalue weighted by molar-refractivity contribution is 0.918. The molecule has 0 bridgehead atoms. The van der Waals surface area contributed by atoms with Crippen molar-refractivity contribution >= 4 is 34.1 Å². The van der Waals surface area contributed by atoms with E-state index in [0.717, 1.165) is 47.0 Å². The van der Waals surface area contributed by atoms with Crippen molar-refractivity contribution in [2.75, 3.05) is 9.80 Å². The Morgan fingerprint density at radius 1 is 0.543 bits per heavy atom. The van der Waals surface area contributed by atoms with Crippen LogP contribution in [0.15, 0.2) is 128 Å². The number of aromatic nitrogens is 2. The molecule has 0 unspecified atom stereocenters. The van der Waals surface area contributed by atoms with Crippen LogP contribution in [0, 0.1) is 0 Å². The fourth-order valence-electron chi connectivity index (χ4n) is 4.40. The monoisotopic (exact) mass is 456 g/mol. The number of hydrogen-bond acceptors (Lipinski definition) is 4. The van der Waals surface area contributed by atoms with E-state index in [-0.39, 0.29) is 0 Å². The molecule has 0 aliphatic carbocycles. The van der Waals surface area contributed by atoms with Gasteiger partial charge in [-0.25, -0.2) is 0 Å². The Morgan fingerprint density at radius 2 is 1.09 bits per heavy atom. The van der Waals surface area contributed by atoms with Gasteiger partial charge in [0.2, 0.25) is 0 Å². The van der Waals surface area contributed by atoms with E-state index < -0.39 is 0 Å². The second kappa shape index (κ2) is 10.7. The Morgan fingerprint density at radius 3 is 1.63 bits per heavy atom. The van der Waals surface area contributed by atoms with Crippen molar-refractivity contribution in [3.63, 3.8) is 0 Å². The van der Waals surface area contributed by atoms with Crippen molar-refractivity contribution in [3.8, 4) is 0 Å². The van der Waals surface area contributed by atoms with Crippen LogP contribution in [0.5, 0.6) is 0 Å². The molecule has 4 heteroatoms. The quantitative estimate of drug-likeness (QED) is 0.235. The molecule has 172 valence electrons. The molecule has 0 spiro atoms. The standard InChI is InChI=1S/C31H28N4/c1-2-11-25-22-28(34(26-12-5-3-6-13-26)29-16-9-20-32-23-29)18-19-31(25)35(27-14-7-4-8-15-27)30-17-10-21-33-24-30/h3-10,12-24H,2,11H2,1H3. The number of para-hydroxylation sites is 2. The highest BCUT2D eigenvalue weighted by Crippen LogP contribution is 2.41.